The first-order chi connectivity index (χ1) is 11.5. The molecule has 4 nitrogen and oxygen atoms in total. The maximum atomic E-state index is 13.6. The summed E-state index contributed by atoms with van der Waals surface area (Å²) in [6.07, 6.45) is 2.80. The van der Waals surface area contributed by atoms with Crippen LogP contribution in [0, 0.1) is 12.7 Å². The molecule has 24 heavy (non-hydrogen) atoms. The molecule has 3 aromatic rings. The molecule has 2 heterocycles. The number of anilines is 1. The van der Waals surface area contributed by atoms with E-state index in [2.05, 4.69) is 26.2 Å². The average Bonchev–Trinajstić information content (AvgIpc) is 2.88. The predicted molar refractivity (Wildman–Crippen MR) is 96.0 cm³/mol. The molecule has 1 aromatic carbocycles. The normalized spacial score (nSPS) is 11.0. The molecule has 1 N–H and O–H groups in total. The summed E-state index contributed by atoms with van der Waals surface area (Å²) in [5.41, 5.74) is 3.37. The number of rotatable bonds is 4. The minimum absolute atomic E-state index is 0.299. The van der Waals surface area contributed by atoms with Crippen molar-refractivity contribution in [3.63, 3.8) is 0 Å². The molecule has 6 heteroatoms. The molecule has 0 saturated carbocycles. The molecular weight excluding hydrogens is 373 g/mol. The molecule has 0 aliphatic carbocycles. The van der Waals surface area contributed by atoms with Gasteiger partial charge in [-0.05, 0) is 43.2 Å². The van der Waals surface area contributed by atoms with Crippen LogP contribution in [0.1, 0.15) is 35.1 Å². The van der Waals surface area contributed by atoms with Gasteiger partial charge < -0.3 is 5.32 Å². The van der Waals surface area contributed by atoms with E-state index in [9.17, 15) is 9.18 Å². The summed E-state index contributed by atoms with van der Waals surface area (Å²) in [5.74, 6) is -0.706. The molecule has 0 atom stereocenters. The summed E-state index contributed by atoms with van der Waals surface area (Å²) in [4.78, 5) is 17.2. The van der Waals surface area contributed by atoms with Crippen LogP contribution in [0.15, 0.2) is 41.0 Å². The molecule has 3 rings (SSSR count). The van der Waals surface area contributed by atoms with Crippen LogP contribution < -0.4 is 5.32 Å². The van der Waals surface area contributed by atoms with Crippen molar-refractivity contribution in [2.75, 3.05) is 5.32 Å². The van der Waals surface area contributed by atoms with E-state index in [0.29, 0.717) is 29.1 Å². The molecule has 2 aromatic heterocycles. The van der Waals surface area contributed by atoms with Crippen LogP contribution in [0.3, 0.4) is 0 Å². The van der Waals surface area contributed by atoms with E-state index in [4.69, 9.17) is 0 Å². The lowest BCUT2D eigenvalue weighted by atomic mass is 10.2. The molecule has 0 unspecified atom stereocenters. The van der Waals surface area contributed by atoms with Crippen molar-refractivity contribution in [1.29, 1.82) is 0 Å². The maximum absolute atomic E-state index is 13.6. The molecule has 0 aliphatic rings. The van der Waals surface area contributed by atoms with Gasteiger partial charge in [0.15, 0.2) is 0 Å². The van der Waals surface area contributed by atoms with Gasteiger partial charge in [0.1, 0.15) is 17.2 Å². The Bertz CT molecular complexity index is 920. The second kappa shape index (κ2) is 6.73. The number of fused-ring (bicyclic) bond motifs is 1. The first-order valence-corrected chi connectivity index (χ1v) is 8.53. The average molecular weight is 390 g/mol. The maximum Gasteiger partial charge on any atom is 0.274 e. The number of hydrogen-bond donors (Lipinski definition) is 1. The third-order valence-electron chi connectivity index (χ3n) is 3.79. The highest BCUT2D eigenvalue weighted by Crippen LogP contribution is 2.22. The van der Waals surface area contributed by atoms with Crippen LogP contribution in [0.5, 0.6) is 0 Å². The number of nitrogens with zero attached hydrogens (tertiary/aromatic N) is 2. The van der Waals surface area contributed by atoms with E-state index in [0.717, 1.165) is 16.5 Å². The molecule has 1 amide bonds. The Balaban J connectivity index is 2.02. The third-order valence-corrected chi connectivity index (χ3v) is 4.64. The van der Waals surface area contributed by atoms with Gasteiger partial charge in [0, 0.05) is 16.4 Å². The number of aromatic nitrogens is 2. The van der Waals surface area contributed by atoms with Crippen LogP contribution in [0.2, 0.25) is 0 Å². The third kappa shape index (κ3) is 3.19. The van der Waals surface area contributed by atoms with Crippen molar-refractivity contribution in [2.24, 2.45) is 0 Å². The Morgan fingerprint density at radius 1 is 1.33 bits per heavy atom. The monoisotopic (exact) mass is 389 g/mol. The smallest absolute Gasteiger partial charge is 0.274 e. The lowest BCUT2D eigenvalue weighted by Gasteiger charge is -2.08. The lowest BCUT2D eigenvalue weighted by molar-refractivity contribution is 0.102. The molecular formula is C18H17BrFN3O. The van der Waals surface area contributed by atoms with Crippen LogP contribution >= 0.6 is 15.9 Å². The van der Waals surface area contributed by atoms with Crippen molar-refractivity contribution in [1.82, 2.24) is 9.38 Å². The number of carbonyl (C=O) groups is 1. The molecule has 0 spiro atoms. The fraction of sp³-hybridized carbons (Fsp3) is 0.222. The molecule has 0 aliphatic heterocycles. The zero-order chi connectivity index (χ0) is 17.3. The molecule has 0 radical (unpaired) electrons. The molecule has 0 fully saturated rings. The summed E-state index contributed by atoms with van der Waals surface area (Å²) in [6, 6.07) is 8.52. The topological polar surface area (TPSA) is 46.4 Å². The summed E-state index contributed by atoms with van der Waals surface area (Å²) >= 11 is 3.45. The Morgan fingerprint density at radius 2 is 2.12 bits per heavy atom. The Hall–Kier alpha value is -2.21. The quantitative estimate of drug-likeness (QED) is 0.699. The minimum atomic E-state index is -0.407. The van der Waals surface area contributed by atoms with Gasteiger partial charge in [0.2, 0.25) is 0 Å². The SMILES string of the molecule is CCCc1nc2ccc(F)cn2c1C(=O)Nc1ccc(C)c(Br)c1. The van der Waals surface area contributed by atoms with Crippen molar-refractivity contribution in [3.8, 4) is 0 Å². The van der Waals surface area contributed by atoms with Gasteiger partial charge >= 0.3 is 0 Å². The first kappa shape index (κ1) is 16.6. The largest absolute Gasteiger partial charge is 0.321 e. The van der Waals surface area contributed by atoms with Crippen molar-refractivity contribution < 1.29 is 9.18 Å². The fourth-order valence-corrected chi connectivity index (χ4v) is 2.96. The van der Waals surface area contributed by atoms with Crippen molar-refractivity contribution in [2.45, 2.75) is 26.7 Å². The Morgan fingerprint density at radius 3 is 2.83 bits per heavy atom. The molecule has 0 bridgehead atoms. The standard InChI is InChI=1S/C18H17BrFN3O/c1-3-4-15-17(23-10-12(20)6-8-16(23)22-15)18(24)21-13-7-5-11(2)14(19)9-13/h5-10H,3-4H2,1-2H3,(H,21,24). The number of hydrogen-bond acceptors (Lipinski definition) is 2. The first-order valence-electron chi connectivity index (χ1n) is 7.73. The predicted octanol–water partition coefficient (Wildman–Crippen LogP) is 4.75. The summed E-state index contributed by atoms with van der Waals surface area (Å²) in [6.45, 7) is 3.99. The van der Waals surface area contributed by atoms with Crippen LogP contribution in [-0.4, -0.2) is 15.3 Å². The number of nitrogens with one attached hydrogen (secondary N) is 1. The van der Waals surface area contributed by atoms with Crippen molar-refractivity contribution in [3.05, 3.63) is 63.8 Å². The number of imidazole rings is 1. The van der Waals surface area contributed by atoms with Crippen LogP contribution in [0.4, 0.5) is 10.1 Å². The van der Waals surface area contributed by atoms with Gasteiger partial charge in [-0.2, -0.15) is 0 Å². The van der Waals surface area contributed by atoms with Gasteiger partial charge in [-0.3, -0.25) is 9.20 Å². The fourth-order valence-electron chi connectivity index (χ4n) is 2.58. The summed E-state index contributed by atoms with van der Waals surface area (Å²) in [7, 11) is 0. The van der Waals surface area contributed by atoms with Crippen LogP contribution in [-0.2, 0) is 6.42 Å². The van der Waals surface area contributed by atoms with Gasteiger partial charge in [-0.25, -0.2) is 9.37 Å². The van der Waals surface area contributed by atoms with Gasteiger partial charge in [0.25, 0.3) is 5.91 Å². The summed E-state index contributed by atoms with van der Waals surface area (Å²) in [5, 5.41) is 2.87. The van der Waals surface area contributed by atoms with E-state index in [1.54, 1.807) is 6.07 Å². The highest BCUT2D eigenvalue weighted by atomic mass is 79.9. The molecule has 0 saturated heterocycles. The number of pyridine rings is 1. The van der Waals surface area contributed by atoms with Gasteiger partial charge in [-0.15, -0.1) is 0 Å². The highest BCUT2D eigenvalue weighted by Gasteiger charge is 2.19. The van der Waals surface area contributed by atoms with E-state index in [1.165, 1.54) is 16.7 Å². The number of amides is 1. The zero-order valence-electron chi connectivity index (χ0n) is 13.4. The van der Waals surface area contributed by atoms with E-state index in [1.807, 2.05) is 32.0 Å². The Labute approximate surface area is 147 Å². The Kier molecular flexibility index (Phi) is 4.66. The van der Waals surface area contributed by atoms with E-state index in [-0.39, 0.29) is 5.91 Å². The lowest BCUT2D eigenvalue weighted by Crippen LogP contribution is -2.16. The highest BCUT2D eigenvalue weighted by molar-refractivity contribution is 9.10. The molecule has 124 valence electrons. The summed E-state index contributed by atoms with van der Waals surface area (Å²) < 4.78 is 16.0. The van der Waals surface area contributed by atoms with Gasteiger partial charge in [0.05, 0.1) is 5.69 Å². The van der Waals surface area contributed by atoms with Crippen LogP contribution in [0.25, 0.3) is 5.65 Å². The number of halogens is 2. The minimum Gasteiger partial charge on any atom is -0.321 e. The number of carbonyl (C=O) groups excluding carboxylic acids is 1. The van der Waals surface area contributed by atoms with E-state index >= 15 is 0 Å². The zero-order valence-corrected chi connectivity index (χ0v) is 15.0. The van der Waals surface area contributed by atoms with Gasteiger partial charge in [-0.1, -0.05) is 35.3 Å². The number of aryl methyl sites for hydroxylation is 2. The van der Waals surface area contributed by atoms with Crippen molar-refractivity contribution >= 4 is 33.2 Å². The second-order valence-electron chi connectivity index (χ2n) is 5.65. The van der Waals surface area contributed by atoms with E-state index < -0.39 is 5.82 Å². The second-order valence-corrected chi connectivity index (χ2v) is 6.51. The number of benzene rings is 1.